The lowest BCUT2D eigenvalue weighted by molar-refractivity contribution is -0.121. The zero-order chi connectivity index (χ0) is 21.6. The number of hydrogen-bond donors (Lipinski definition) is 1. The van der Waals surface area contributed by atoms with E-state index in [1.807, 2.05) is 65.6 Å². The van der Waals surface area contributed by atoms with Crippen molar-refractivity contribution < 1.29 is 9.59 Å². The number of likely N-dealkylation sites (tertiary alicyclic amines) is 1. The molecule has 2 amide bonds. The SMILES string of the molecule is O=C(Nc1ccccc1Cc1ccccc1)C1CCN(C(=O)c2ccc(Br)cc2)CC1. The van der Waals surface area contributed by atoms with Gasteiger partial charge in [-0.15, -0.1) is 0 Å². The van der Waals surface area contributed by atoms with Gasteiger partial charge in [-0.25, -0.2) is 0 Å². The second-order valence-corrected chi connectivity index (χ2v) is 8.80. The van der Waals surface area contributed by atoms with E-state index in [4.69, 9.17) is 0 Å². The second-order valence-electron chi connectivity index (χ2n) is 7.88. The molecule has 1 fully saturated rings. The first-order valence-corrected chi connectivity index (χ1v) is 11.4. The van der Waals surface area contributed by atoms with Crippen LogP contribution < -0.4 is 5.32 Å². The molecule has 0 aliphatic carbocycles. The number of nitrogens with zero attached hydrogens (tertiary/aromatic N) is 1. The van der Waals surface area contributed by atoms with Crippen LogP contribution in [-0.2, 0) is 11.2 Å². The van der Waals surface area contributed by atoms with Crippen molar-refractivity contribution >= 4 is 33.4 Å². The molecule has 0 spiro atoms. The van der Waals surface area contributed by atoms with E-state index in [0.717, 1.165) is 22.1 Å². The summed E-state index contributed by atoms with van der Waals surface area (Å²) in [4.78, 5) is 27.5. The van der Waals surface area contributed by atoms with Gasteiger partial charge in [0.1, 0.15) is 0 Å². The number of piperidine rings is 1. The Bertz CT molecular complexity index is 1040. The van der Waals surface area contributed by atoms with Gasteiger partial charge in [-0.05, 0) is 60.7 Å². The van der Waals surface area contributed by atoms with E-state index >= 15 is 0 Å². The van der Waals surface area contributed by atoms with Gasteiger partial charge in [0.2, 0.25) is 5.91 Å². The van der Waals surface area contributed by atoms with Crippen LogP contribution in [0.3, 0.4) is 0 Å². The summed E-state index contributed by atoms with van der Waals surface area (Å²) in [5.74, 6) is -0.0189. The molecule has 3 aromatic carbocycles. The van der Waals surface area contributed by atoms with E-state index in [9.17, 15) is 9.59 Å². The standard InChI is InChI=1S/C26H25BrN2O2/c27-23-12-10-21(11-13-23)26(31)29-16-14-20(15-17-29)25(30)28-24-9-5-4-8-22(24)18-19-6-2-1-3-7-19/h1-13,20H,14-18H2,(H,28,30). The van der Waals surface area contributed by atoms with Crippen molar-refractivity contribution in [3.05, 3.63) is 100 Å². The number of anilines is 1. The minimum Gasteiger partial charge on any atom is -0.339 e. The number of rotatable bonds is 5. The van der Waals surface area contributed by atoms with E-state index in [0.29, 0.717) is 31.5 Å². The summed E-state index contributed by atoms with van der Waals surface area (Å²) >= 11 is 3.40. The molecular weight excluding hydrogens is 452 g/mol. The van der Waals surface area contributed by atoms with E-state index in [1.165, 1.54) is 5.56 Å². The Hall–Kier alpha value is -2.92. The van der Waals surface area contributed by atoms with Gasteiger partial charge >= 0.3 is 0 Å². The maximum Gasteiger partial charge on any atom is 0.253 e. The number of hydrogen-bond acceptors (Lipinski definition) is 2. The van der Waals surface area contributed by atoms with Gasteiger partial charge < -0.3 is 10.2 Å². The molecule has 1 saturated heterocycles. The Balaban J connectivity index is 1.35. The Kier molecular flexibility index (Phi) is 6.82. The van der Waals surface area contributed by atoms with Crippen LogP contribution in [0.1, 0.15) is 34.3 Å². The Morgan fingerprint density at radius 3 is 2.23 bits per heavy atom. The molecule has 1 heterocycles. The molecule has 1 aliphatic heterocycles. The number of benzene rings is 3. The van der Waals surface area contributed by atoms with Gasteiger partial charge in [0.05, 0.1) is 0 Å². The molecule has 4 rings (SSSR count). The topological polar surface area (TPSA) is 49.4 Å². The molecule has 0 saturated carbocycles. The number of amides is 2. The average molecular weight is 477 g/mol. The molecule has 0 radical (unpaired) electrons. The van der Waals surface area contributed by atoms with Crippen molar-refractivity contribution in [1.82, 2.24) is 4.90 Å². The minimum absolute atomic E-state index is 0.0274. The molecule has 0 aromatic heterocycles. The van der Waals surface area contributed by atoms with E-state index in [-0.39, 0.29) is 17.7 Å². The van der Waals surface area contributed by atoms with Gasteiger partial charge in [0, 0.05) is 34.7 Å². The van der Waals surface area contributed by atoms with Gasteiger partial charge in [0.25, 0.3) is 5.91 Å². The summed E-state index contributed by atoms with van der Waals surface area (Å²) in [5.41, 5.74) is 3.86. The normalized spacial score (nSPS) is 14.3. The number of carbonyl (C=O) groups excluding carboxylic acids is 2. The quantitative estimate of drug-likeness (QED) is 0.526. The number of carbonyl (C=O) groups is 2. The van der Waals surface area contributed by atoms with Crippen molar-refractivity contribution in [2.75, 3.05) is 18.4 Å². The minimum atomic E-state index is -0.0845. The third-order valence-corrected chi connectivity index (χ3v) is 6.29. The highest BCUT2D eigenvalue weighted by Gasteiger charge is 2.28. The molecule has 0 unspecified atom stereocenters. The first kappa shape index (κ1) is 21.3. The molecule has 5 heteroatoms. The third-order valence-electron chi connectivity index (χ3n) is 5.76. The predicted molar refractivity (Wildman–Crippen MR) is 127 cm³/mol. The lowest BCUT2D eigenvalue weighted by Gasteiger charge is -2.31. The van der Waals surface area contributed by atoms with Crippen LogP contribution in [0.4, 0.5) is 5.69 Å². The maximum absolute atomic E-state index is 12.9. The van der Waals surface area contributed by atoms with Crippen LogP contribution in [0.5, 0.6) is 0 Å². The lowest BCUT2D eigenvalue weighted by Crippen LogP contribution is -2.41. The van der Waals surface area contributed by atoms with Crippen molar-refractivity contribution in [1.29, 1.82) is 0 Å². The zero-order valence-corrected chi connectivity index (χ0v) is 18.8. The fourth-order valence-electron chi connectivity index (χ4n) is 3.97. The number of nitrogens with one attached hydrogen (secondary N) is 1. The highest BCUT2D eigenvalue weighted by molar-refractivity contribution is 9.10. The monoisotopic (exact) mass is 476 g/mol. The van der Waals surface area contributed by atoms with Crippen molar-refractivity contribution in [2.45, 2.75) is 19.3 Å². The Labute approximate surface area is 191 Å². The number of para-hydroxylation sites is 1. The molecule has 0 bridgehead atoms. The molecule has 3 aromatic rings. The van der Waals surface area contributed by atoms with Crippen LogP contribution in [0.2, 0.25) is 0 Å². The molecule has 31 heavy (non-hydrogen) atoms. The van der Waals surface area contributed by atoms with E-state index < -0.39 is 0 Å². The summed E-state index contributed by atoms with van der Waals surface area (Å²) in [6.45, 7) is 1.19. The van der Waals surface area contributed by atoms with Gasteiger partial charge in [-0.2, -0.15) is 0 Å². The van der Waals surface area contributed by atoms with Crippen molar-refractivity contribution in [2.24, 2.45) is 5.92 Å². The van der Waals surface area contributed by atoms with Crippen LogP contribution in [-0.4, -0.2) is 29.8 Å². The predicted octanol–water partition coefficient (Wildman–Crippen LogP) is 5.53. The molecular formula is C26H25BrN2O2. The molecule has 4 nitrogen and oxygen atoms in total. The average Bonchev–Trinajstić information content (AvgIpc) is 2.81. The van der Waals surface area contributed by atoms with Crippen LogP contribution in [0.15, 0.2) is 83.3 Å². The maximum atomic E-state index is 12.9. The van der Waals surface area contributed by atoms with Crippen LogP contribution in [0, 0.1) is 5.92 Å². The first-order valence-electron chi connectivity index (χ1n) is 10.6. The van der Waals surface area contributed by atoms with E-state index in [1.54, 1.807) is 0 Å². The first-order chi connectivity index (χ1) is 15.1. The Morgan fingerprint density at radius 1 is 0.871 bits per heavy atom. The Morgan fingerprint density at radius 2 is 1.52 bits per heavy atom. The van der Waals surface area contributed by atoms with E-state index in [2.05, 4.69) is 39.4 Å². The smallest absolute Gasteiger partial charge is 0.253 e. The third kappa shape index (κ3) is 5.42. The zero-order valence-electron chi connectivity index (χ0n) is 17.3. The molecule has 158 valence electrons. The summed E-state index contributed by atoms with van der Waals surface area (Å²) in [6, 6.07) is 25.6. The van der Waals surface area contributed by atoms with Gasteiger partial charge in [0.15, 0.2) is 0 Å². The molecule has 1 aliphatic rings. The molecule has 0 atom stereocenters. The highest BCUT2D eigenvalue weighted by Crippen LogP contribution is 2.24. The van der Waals surface area contributed by atoms with Crippen LogP contribution >= 0.6 is 15.9 Å². The fourth-order valence-corrected chi connectivity index (χ4v) is 4.23. The summed E-state index contributed by atoms with van der Waals surface area (Å²) in [6.07, 6.45) is 2.13. The van der Waals surface area contributed by atoms with Crippen molar-refractivity contribution in [3.63, 3.8) is 0 Å². The van der Waals surface area contributed by atoms with Crippen molar-refractivity contribution in [3.8, 4) is 0 Å². The van der Waals surface area contributed by atoms with Crippen LogP contribution in [0.25, 0.3) is 0 Å². The number of halogens is 1. The second kappa shape index (κ2) is 9.92. The lowest BCUT2D eigenvalue weighted by atomic mass is 9.95. The van der Waals surface area contributed by atoms with Gasteiger partial charge in [-0.3, -0.25) is 9.59 Å². The largest absolute Gasteiger partial charge is 0.339 e. The van der Waals surface area contributed by atoms with Gasteiger partial charge in [-0.1, -0.05) is 64.5 Å². The summed E-state index contributed by atoms with van der Waals surface area (Å²) in [7, 11) is 0. The summed E-state index contributed by atoms with van der Waals surface area (Å²) in [5, 5.41) is 3.13. The summed E-state index contributed by atoms with van der Waals surface area (Å²) < 4.78 is 0.951. The molecule has 1 N–H and O–H groups in total. The highest BCUT2D eigenvalue weighted by atomic mass is 79.9. The fraction of sp³-hybridized carbons (Fsp3) is 0.231.